The molecule has 0 spiro atoms. The Balaban J connectivity index is 1.87. The van der Waals surface area contributed by atoms with Gasteiger partial charge in [0.2, 0.25) is 5.91 Å². The first kappa shape index (κ1) is 13.5. The van der Waals surface area contributed by atoms with Crippen molar-refractivity contribution in [3.8, 4) is 0 Å². The average molecular weight is 260 g/mol. The molecule has 1 aromatic carbocycles. The quantitative estimate of drug-likeness (QED) is 0.819. The summed E-state index contributed by atoms with van der Waals surface area (Å²) < 4.78 is 2.01. The Morgan fingerprint density at radius 3 is 3.00 bits per heavy atom. The van der Waals surface area contributed by atoms with Crippen molar-refractivity contribution >= 4 is 16.9 Å². The number of nitrogens with zero attached hydrogens (tertiary/aromatic N) is 2. The number of rotatable bonds is 6. The molecule has 0 aliphatic rings. The molecular formula is C14H20N4O. The molecule has 5 nitrogen and oxygen atoms in total. The first-order valence-corrected chi connectivity index (χ1v) is 6.54. The summed E-state index contributed by atoms with van der Waals surface area (Å²) >= 11 is 0. The fraction of sp³-hybridized carbons (Fsp3) is 0.429. The van der Waals surface area contributed by atoms with Crippen molar-refractivity contribution in [2.75, 3.05) is 13.6 Å². The van der Waals surface area contributed by atoms with E-state index in [1.54, 1.807) is 6.33 Å². The van der Waals surface area contributed by atoms with E-state index in [1.807, 2.05) is 42.8 Å². The summed E-state index contributed by atoms with van der Waals surface area (Å²) in [6.07, 6.45) is 2.25. The maximum absolute atomic E-state index is 11.7. The lowest BCUT2D eigenvalue weighted by molar-refractivity contribution is -0.121. The monoisotopic (exact) mass is 260 g/mol. The molecule has 0 radical (unpaired) electrons. The van der Waals surface area contributed by atoms with E-state index in [0.29, 0.717) is 19.5 Å². The van der Waals surface area contributed by atoms with Crippen LogP contribution in [0.1, 0.15) is 13.3 Å². The summed E-state index contributed by atoms with van der Waals surface area (Å²) in [7, 11) is 1.88. The number of benzene rings is 1. The first-order chi connectivity index (χ1) is 9.20. The lowest BCUT2D eigenvalue weighted by atomic mass is 10.3. The minimum absolute atomic E-state index is 0.0693. The topological polar surface area (TPSA) is 58.9 Å². The Morgan fingerprint density at radius 2 is 2.21 bits per heavy atom. The number of carbonyl (C=O) groups is 1. The number of hydrogen-bond acceptors (Lipinski definition) is 3. The summed E-state index contributed by atoms with van der Waals surface area (Å²) in [6.45, 7) is 3.34. The van der Waals surface area contributed by atoms with Gasteiger partial charge >= 0.3 is 0 Å². The molecule has 1 atom stereocenters. The van der Waals surface area contributed by atoms with Crippen LogP contribution in [0.15, 0.2) is 30.6 Å². The van der Waals surface area contributed by atoms with Crippen LogP contribution in [0.4, 0.5) is 0 Å². The third-order valence-electron chi connectivity index (χ3n) is 3.21. The van der Waals surface area contributed by atoms with Gasteiger partial charge < -0.3 is 15.2 Å². The molecule has 0 saturated carbocycles. The highest BCUT2D eigenvalue weighted by molar-refractivity contribution is 5.77. The van der Waals surface area contributed by atoms with E-state index in [9.17, 15) is 4.79 Å². The number of para-hydroxylation sites is 2. The van der Waals surface area contributed by atoms with Crippen LogP contribution >= 0.6 is 0 Å². The van der Waals surface area contributed by atoms with Gasteiger partial charge in [-0.25, -0.2) is 4.98 Å². The van der Waals surface area contributed by atoms with Gasteiger partial charge in [0.15, 0.2) is 0 Å². The number of aryl methyl sites for hydroxylation is 1. The molecule has 0 bridgehead atoms. The van der Waals surface area contributed by atoms with Crippen molar-refractivity contribution < 1.29 is 4.79 Å². The Hall–Kier alpha value is -1.88. The van der Waals surface area contributed by atoms with Crippen LogP contribution in [0.3, 0.4) is 0 Å². The Kier molecular flexibility index (Phi) is 4.52. The fourth-order valence-electron chi connectivity index (χ4n) is 1.87. The third kappa shape index (κ3) is 3.54. The molecule has 19 heavy (non-hydrogen) atoms. The van der Waals surface area contributed by atoms with E-state index < -0.39 is 0 Å². The minimum atomic E-state index is 0.0693. The number of likely N-dealkylation sites (N-methyl/N-ethyl adjacent to an activating group) is 1. The molecule has 102 valence electrons. The van der Waals surface area contributed by atoms with Gasteiger partial charge in [0.25, 0.3) is 0 Å². The Labute approximate surface area is 113 Å². The number of fused-ring (bicyclic) bond motifs is 1. The zero-order chi connectivity index (χ0) is 13.7. The van der Waals surface area contributed by atoms with Crippen LogP contribution in [0.25, 0.3) is 11.0 Å². The van der Waals surface area contributed by atoms with Crippen LogP contribution in [0, 0.1) is 0 Å². The predicted molar refractivity (Wildman–Crippen MR) is 75.9 cm³/mol. The lowest BCUT2D eigenvalue weighted by Gasteiger charge is -2.11. The van der Waals surface area contributed by atoms with Crippen LogP contribution in [0.2, 0.25) is 0 Å². The maximum atomic E-state index is 11.7. The van der Waals surface area contributed by atoms with E-state index >= 15 is 0 Å². The van der Waals surface area contributed by atoms with Crippen molar-refractivity contribution in [3.05, 3.63) is 30.6 Å². The highest BCUT2D eigenvalue weighted by Gasteiger charge is 2.06. The molecule has 1 unspecified atom stereocenters. The van der Waals surface area contributed by atoms with Gasteiger partial charge in [-0.1, -0.05) is 12.1 Å². The van der Waals surface area contributed by atoms with Gasteiger partial charge in [-0.3, -0.25) is 4.79 Å². The lowest BCUT2D eigenvalue weighted by Crippen LogP contribution is -2.37. The molecule has 0 saturated heterocycles. The average Bonchev–Trinajstić information content (AvgIpc) is 2.85. The summed E-state index contributed by atoms with van der Waals surface area (Å²) in [5, 5.41) is 5.99. The molecule has 1 aromatic heterocycles. The van der Waals surface area contributed by atoms with E-state index in [0.717, 1.165) is 11.0 Å². The number of aromatic nitrogens is 2. The second-order valence-electron chi connectivity index (χ2n) is 4.67. The highest BCUT2D eigenvalue weighted by Crippen LogP contribution is 2.11. The normalized spacial score (nSPS) is 12.5. The molecule has 5 heteroatoms. The highest BCUT2D eigenvalue weighted by atomic mass is 16.1. The molecule has 1 heterocycles. The maximum Gasteiger partial charge on any atom is 0.221 e. The van der Waals surface area contributed by atoms with Crippen LogP contribution in [-0.2, 0) is 11.3 Å². The smallest absolute Gasteiger partial charge is 0.221 e. The van der Waals surface area contributed by atoms with Gasteiger partial charge in [0, 0.05) is 25.6 Å². The zero-order valence-electron chi connectivity index (χ0n) is 11.4. The standard InChI is InChI=1S/C14H20N4O/c1-11(15-2)9-16-14(19)7-8-18-10-17-12-5-3-4-6-13(12)18/h3-6,10-11,15H,7-9H2,1-2H3,(H,16,19). The zero-order valence-corrected chi connectivity index (χ0v) is 11.4. The first-order valence-electron chi connectivity index (χ1n) is 6.54. The fourth-order valence-corrected chi connectivity index (χ4v) is 1.87. The number of nitrogens with one attached hydrogen (secondary N) is 2. The Morgan fingerprint density at radius 1 is 1.42 bits per heavy atom. The van der Waals surface area contributed by atoms with Crippen molar-refractivity contribution in [1.82, 2.24) is 20.2 Å². The van der Waals surface area contributed by atoms with Gasteiger partial charge in [-0.2, -0.15) is 0 Å². The van der Waals surface area contributed by atoms with Crippen molar-refractivity contribution in [1.29, 1.82) is 0 Å². The minimum Gasteiger partial charge on any atom is -0.354 e. The number of imidazole rings is 1. The molecule has 0 aliphatic heterocycles. The molecule has 2 rings (SSSR count). The van der Waals surface area contributed by atoms with Gasteiger partial charge in [-0.15, -0.1) is 0 Å². The second-order valence-corrected chi connectivity index (χ2v) is 4.67. The number of amides is 1. The van der Waals surface area contributed by atoms with Crippen molar-refractivity contribution in [2.24, 2.45) is 0 Å². The van der Waals surface area contributed by atoms with Crippen molar-refractivity contribution in [2.45, 2.75) is 25.9 Å². The summed E-state index contributed by atoms with van der Waals surface area (Å²) in [6, 6.07) is 8.22. The molecule has 2 aromatic rings. The second kappa shape index (κ2) is 6.33. The van der Waals surface area contributed by atoms with Crippen molar-refractivity contribution in [3.63, 3.8) is 0 Å². The van der Waals surface area contributed by atoms with E-state index in [-0.39, 0.29) is 11.9 Å². The molecule has 1 amide bonds. The third-order valence-corrected chi connectivity index (χ3v) is 3.21. The summed E-state index contributed by atoms with van der Waals surface area (Å²) in [5.74, 6) is 0.0693. The van der Waals surface area contributed by atoms with Gasteiger partial charge in [0.05, 0.1) is 17.4 Å². The predicted octanol–water partition coefficient (Wildman–Crippen LogP) is 1.15. The molecular weight excluding hydrogens is 240 g/mol. The SMILES string of the molecule is CNC(C)CNC(=O)CCn1cnc2ccccc21. The van der Waals surface area contributed by atoms with Crippen LogP contribution < -0.4 is 10.6 Å². The summed E-state index contributed by atoms with van der Waals surface area (Å²) in [5.41, 5.74) is 2.03. The van der Waals surface area contributed by atoms with E-state index in [4.69, 9.17) is 0 Å². The van der Waals surface area contributed by atoms with E-state index in [1.165, 1.54) is 0 Å². The van der Waals surface area contributed by atoms with Crippen LogP contribution in [-0.4, -0.2) is 35.1 Å². The number of carbonyl (C=O) groups excluding carboxylic acids is 1. The van der Waals surface area contributed by atoms with E-state index in [2.05, 4.69) is 15.6 Å². The summed E-state index contributed by atoms with van der Waals surface area (Å²) in [4.78, 5) is 16.0. The molecule has 0 aliphatic carbocycles. The number of hydrogen-bond donors (Lipinski definition) is 2. The van der Waals surface area contributed by atoms with Gasteiger partial charge in [0.1, 0.15) is 0 Å². The Bertz CT molecular complexity index is 549. The van der Waals surface area contributed by atoms with Gasteiger partial charge in [-0.05, 0) is 26.1 Å². The molecule has 2 N–H and O–H groups in total. The molecule has 0 fully saturated rings. The largest absolute Gasteiger partial charge is 0.354 e. The van der Waals surface area contributed by atoms with Crippen LogP contribution in [0.5, 0.6) is 0 Å².